The Hall–Kier alpha value is -2.01. The predicted molar refractivity (Wildman–Crippen MR) is 69.0 cm³/mol. The number of non-ortho nitro benzene ring substituents is 1. The van der Waals surface area contributed by atoms with Gasteiger partial charge >= 0.3 is 0 Å². The summed E-state index contributed by atoms with van der Waals surface area (Å²) in [5.74, 6) is 0. The van der Waals surface area contributed by atoms with Crippen LogP contribution < -0.4 is 4.72 Å². The second kappa shape index (κ2) is 5.36. The third-order valence-corrected chi connectivity index (χ3v) is 2.57. The molecule has 0 aliphatic rings. The highest BCUT2D eigenvalue weighted by atomic mass is 32.2. The lowest BCUT2D eigenvalue weighted by atomic mass is 10.3. The zero-order chi connectivity index (χ0) is 16.4. The molecule has 0 spiro atoms. The number of nitro groups is 1. The minimum absolute atomic E-state index is 0.0571. The van der Waals surface area contributed by atoms with Crippen molar-refractivity contribution in [1.29, 1.82) is 0 Å². The van der Waals surface area contributed by atoms with Gasteiger partial charge in [0, 0.05) is 22.7 Å². The molecular formula is C12H10N2O2S. The molecule has 4 nitrogen and oxygen atoms in total. The van der Waals surface area contributed by atoms with E-state index in [2.05, 4.69) is 4.72 Å². The third-order valence-electron chi connectivity index (χ3n) is 1.83. The quantitative estimate of drug-likeness (QED) is 0.511. The summed E-state index contributed by atoms with van der Waals surface area (Å²) >= 11 is 0.860. The molecule has 86 valence electrons. The summed E-state index contributed by atoms with van der Waals surface area (Å²) in [7, 11) is 0. The van der Waals surface area contributed by atoms with Crippen molar-refractivity contribution >= 4 is 23.3 Å². The normalized spacial score (nSPS) is 14.0. The van der Waals surface area contributed by atoms with Crippen LogP contribution in [-0.4, -0.2) is 4.92 Å². The standard InChI is InChI=1S/C12H10N2O2S/c15-14(16)11-8-6-10(7-9-11)13-17-12-4-2-1-3-5-12/h1-9,13H/i1D,2D,3D,4D,5D. The monoisotopic (exact) mass is 251 g/mol. The highest BCUT2D eigenvalue weighted by Crippen LogP contribution is 2.22. The van der Waals surface area contributed by atoms with Gasteiger partial charge in [-0.2, -0.15) is 0 Å². The maximum atomic E-state index is 10.6. The maximum Gasteiger partial charge on any atom is 0.269 e. The van der Waals surface area contributed by atoms with Gasteiger partial charge in [0.2, 0.25) is 0 Å². The van der Waals surface area contributed by atoms with Crippen LogP contribution in [-0.2, 0) is 0 Å². The average Bonchev–Trinajstić information content (AvgIpc) is 2.51. The fourth-order valence-corrected chi connectivity index (χ4v) is 1.61. The van der Waals surface area contributed by atoms with Crippen LogP contribution in [0.1, 0.15) is 6.85 Å². The first kappa shape index (κ1) is 6.66. The SMILES string of the molecule is [2H]c1c([2H])c([2H])c(SNc2ccc([N+](=O)[O-])cc2)c([2H])c1[2H]. The molecule has 0 unspecified atom stereocenters. The number of hydrogen-bond acceptors (Lipinski definition) is 4. The van der Waals surface area contributed by atoms with Crippen molar-refractivity contribution in [3.8, 4) is 0 Å². The molecule has 0 aliphatic heterocycles. The number of nitrogens with one attached hydrogen (secondary N) is 1. The lowest BCUT2D eigenvalue weighted by molar-refractivity contribution is -0.384. The molecule has 17 heavy (non-hydrogen) atoms. The van der Waals surface area contributed by atoms with Gasteiger partial charge in [-0.15, -0.1) is 0 Å². The number of hydrogen-bond donors (Lipinski definition) is 1. The van der Waals surface area contributed by atoms with Crippen molar-refractivity contribution in [3.63, 3.8) is 0 Å². The van der Waals surface area contributed by atoms with Crippen LogP contribution in [0.25, 0.3) is 0 Å². The smallest absolute Gasteiger partial charge is 0.269 e. The Balaban J connectivity index is 2.23. The van der Waals surface area contributed by atoms with Gasteiger partial charge in [0.25, 0.3) is 5.69 Å². The number of nitro benzene ring substituents is 1. The Bertz CT molecular complexity index is 710. The van der Waals surface area contributed by atoms with E-state index >= 15 is 0 Å². The molecule has 0 heterocycles. The second-order valence-electron chi connectivity index (χ2n) is 2.96. The summed E-state index contributed by atoms with van der Waals surface area (Å²) in [5.41, 5.74) is 0.459. The third kappa shape index (κ3) is 3.22. The van der Waals surface area contributed by atoms with Crippen molar-refractivity contribution < 1.29 is 11.8 Å². The fraction of sp³-hybridized carbons (Fsp3) is 0. The first-order valence-corrected chi connectivity index (χ1v) is 5.38. The minimum Gasteiger partial charge on any atom is -0.326 e. The Morgan fingerprint density at radius 2 is 1.82 bits per heavy atom. The van der Waals surface area contributed by atoms with Crippen molar-refractivity contribution in [1.82, 2.24) is 0 Å². The average molecular weight is 251 g/mol. The molecule has 2 aromatic rings. The van der Waals surface area contributed by atoms with Gasteiger partial charge < -0.3 is 4.72 Å². The minimum atomic E-state index is -0.521. The molecule has 2 rings (SSSR count). The van der Waals surface area contributed by atoms with Crippen LogP contribution >= 0.6 is 11.9 Å². The zero-order valence-corrected chi connectivity index (χ0v) is 9.30. The van der Waals surface area contributed by atoms with E-state index in [9.17, 15) is 10.1 Å². The summed E-state index contributed by atoms with van der Waals surface area (Å²) in [6.45, 7) is 0. The molecule has 0 saturated heterocycles. The van der Waals surface area contributed by atoms with Crippen LogP contribution in [0.2, 0.25) is 0 Å². The van der Waals surface area contributed by atoms with Crippen LogP contribution in [0.3, 0.4) is 0 Å². The Morgan fingerprint density at radius 1 is 1.18 bits per heavy atom. The van der Waals surface area contributed by atoms with Crippen molar-refractivity contribution in [2.45, 2.75) is 4.90 Å². The van der Waals surface area contributed by atoms with E-state index in [-0.39, 0.29) is 22.7 Å². The summed E-state index contributed by atoms with van der Waals surface area (Å²) in [5, 5.41) is 10.6. The molecule has 0 bridgehead atoms. The molecular weight excluding hydrogens is 236 g/mol. The second-order valence-corrected chi connectivity index (χ2v) is 3.78. The molecule has 0 saturated carbocycles. The molecule has 5 heteroatoms. The van der Waals surface area contributed by atoms with Gasteiger partial charge in [-0.05, 0) is 36.2 Å². The Morgan fingerprint density at radius 3 is 2.41 bits per heavy atom. The van der Waals surface area contributed by atoms with Gasteiger partial charge in [0.1, 0.15) is 0 Å². The van der Waals surface area contributed by atoms with E-state index in [4.69, 9.17) is 6.85 Å². The summed E-state index contributed by atoms with van der Waals surface area (Å²) < 4.78 is 41.0. The van der Waals surface area contributed by atoms with E-state index in [1.807, 2.05) is 0 Å². The molecule has 0 radical (unpaired) electrons. The number of anilines is 1. The lowest BCUT2D eigenvalue weighted by Crippen LogP contribution is -1.89. The fourth-order valence-electron chi connectivity index (χ4n) is 1.05. The lowest BCUT2D eigenvalue weighted by Gasteiger charge is -2.04. The molecule has 1 N–H and O–H groups in total. The van der Waals surface area contributed by atoms with Gasteiger partial charge in [-0.1, -0.05) is 18.1 Å². The topological polar surface area (TPSA) is 55.2 Å². The van der Waals surface area contributed by atoms with Crippen LogP contribution in [0, 0.1) is 10.1 Å². The molecule has 0 aromatic heterocycles. The van der Waals surface area contributed by atoms with E-state index in [0.717, 1.165) is 11.9 Å². The van der Waals surface area contributed by atoms with Gasteiger partial charge in [-0.3, -0.25) is 10.1 Å². The summed E-state index contributed by atoms with van der Waals surface area (Å²) in [6.07, 6.45) is 0. The number of benzene rings is 2. The van der Waals surface area contributed by atoms with Crippen molar-refractivity contribution in [3.05, 3.63) is 64.6 Å². The van der Waals surface area contributed by atoms with Crippen molar-refractivity contribution in [2.24, 2.45) is 0 Å². The van der Waals surface area contributed by atoms with Gasteiger partial charge in [-0.25, -0.2) is 0 Å². The highest BCUT2D eigenvalue weighted by Gasteiger charge is 2.03. The van der Waals surface area contributed by atoms with Crippen LogP contribution in [0.5, 0.6) is 0 Å². The molecule has 0 aliphatic carbocycles. The van der Waals surface area contributed by atoms with E-state index < -0.39 is 23.1 Å². The first-order valence-electron chi connectivity index (χ1n) is 7.07. The van der Waals surface area contributed by atoms with Gasteiger partial charge in [0.15, 0.2) is 0 Å². The maximum absolute atomic E-state index is 10.6. The van der Waals surface area contributed by atoms with E-state index in [1.54, 1.807) is 0 Å². The van der Waals surface area contributed by atoms with Gasteiger partial charge in [0.05, 0.1) is 11.8 Å². The molecule has 2 aromatic carbocycles. The predicted octanol–water partition coefficient (Wildman–Crippen LogP) is 3.71. The summed E-state index contributed by atoms with van der Waals surface area (Å²) in [4.78, 5) is 10.1. The number of nitrogens with zero attached hydrogens (tertiary/aromatic N) is 1. The van der Waals surface area contributed by atoms with E-state index in [0.29, 0.717) is 5.69 Å². The molecule has 0 amide bonds. The van der Waals surface area contributed by atoms with Crippen LogP contribution in [0.15, 0.2) is 59.4 Å². The zero-order valence-electron chi connectivity index (χ0n) is 13.5. The molecule has 0 atom stereocenters. The first-order chi connectivity index (χ1) is 10.3. The Labute approximate surface area is 110 Å². The Kier molecular flexibility index (Phi) is 2.10. The van der Waals surface area contributed by atoms with Crippen molar-refractivity contribution in [2.75, 3.05) is 4.72 Å². The number of rotatable bonds is 4. The molecule has 0 fully saturated rings. The largest absolute Gasteiger partial charge is 0.326 e. The highest BCUT2D eigenvalue weighted by molar-refractivity contribution is 8.00. The van der Waals surface area contributed by atoms with E-state index in [1.165, 1.54) is 24.3 Å². The summed E-state index contributed by atoms with van der Waals surface area (Å²) in [6, 6.07) is 3.70. The van der Waals surface area contributed by atoms with Crippen LogP contribution in [0.4, 0.5) is 11.4 Å².